The maximum atomic E-state index is 13.6. The summed E-state index contributed by atoms with van der Waals surface area (Å²) in [5.41, 5.74) is 0.440. The Morgan fingerprint density at radius 2 is 2.38 bits per heavy atom. The van der Waals surface area contributed by atoms with E-state index >= 15 is 0 Å². The quantitative estimate of drug-likeness (QED) is 0.886. The van der Waals surface area contributed by atoms with Gasteiger partial charge in [0.2, 0.25) is 0 Å². The van der Waals surface area contributed by atoms with Crippen molar-refractivity contribution in [2.75, 3.05) is 6.61 Å². The molecule has 1 heterocycles. The van der Waals surface area contributed by atoms with Gasteiger partial charge in [-0.25, -0.2) is 4.39 Å². The van der Waals surface area contributed by atoms with Gasteiger partial charge in [-0.2, -0.15) is 0 Å². The van der Waals surface area contributed by atoms with Crippen molar-refractivity contribution in [1.82, 2.24) is 0 Å². The molecule has 1 N–H and O–H groups in total. The molecule has 0 spiro atoms. The zero-order chi connectivity index (χ0) is 11.5. The molecule has 1 aliphatic heterocycles. The van der Waals surface area contributed by atoms with Crippen LogP contribution in [0.1, 0.15) is 18.4 Å². The normalized spacial score (nSPS) is 22.3. The molecule has 1 aliphatic rings. The van der Waals surface area contributed by atoms with E-state index in [2.05, 4.69) is 0 Å². The topological polar surface area (TPSA) is 29.5 Å². The number of aliphatic hydroxyl groups is 1. The van der Waals surface area contributed by atoms with Crippen LogP contribution < -0.4 is 0 Å². The van der Waals surface area contributed by atoms with Gasteiger partial charge in [0.05, 0.1) is 17.2 Å². The Morgan fingerprint density at radius 3 is 3.06 bits per heavy atom. The van der Waals surface area contributed by atoms with Gasteiger partial charge in [-0.3, -0.25) is 0 Å². The summed E-state index contributed by atoms with van der Waals surface area (Å²) in [6.45, 7) is 0.680. The molecule has 1 aromatic carbocycles. The van der Waals surface area contributed by atoms with Gasteiger partial charge < -0.3 is 9.84 Å². The highest BCUT2D eigenvalue weighted by Crippen LogP contribution is 2.22. The van der Waals surface area contributed by atoms with Gasteiger partial charge in [-0.1, -0.05) is 23.7 Å². The number of hydrogen-bond acceptors (Lipinski definition) is 2. The Labute approximate surface area is 99.0 Å². The van der Waals surface area contributed by atoms with E-state index in [1.165, 1.54) is 6.07 Å². The molecule has 0 radical (unpaired) electrons. The lowest BCUT2D eigenvalue weighted by atomic mass is 10.0. The standard InChI is InChI=1S/C12H14ClFO2/c13-9-4-1-3-8(12(9)14)7-10(15)11-5-2-6-16-11/h1,3-4,10-11,15H,2,5-7H2. The first-order chi connectivity index (χ1) is 7.68. The van der Waals surface area contributed by atoms with E-state index in [4.69, 9.17) is 16.3 Å². The molecule has 0 amide bonds. The van der Waals surface area contributed by atoms with Crippen molar-refractivity contribution in [1.29, 1.82) is 0 Å². The SMILES string of the molecule is OC(Cc1cccc(Cl)c1F)C1CCCO1. The van der Waals surface area contributed by atoms with E-state index in [1.807, 2.05) is 0 Å². The second-order valence-electron chi connectivity index (χ2n) is 4.04. The van der Waals surface area contributed by atoms with Crippen molar-refractivity contribution in [3.63, 3.8) is 0 Å². The van der Waals surface area contributed by atoms with E-state index in [0.29, 0.717) is 12.2 Å². The summed E-state index contributed by atoms with van der Waals surface area (Å²) >= 11 is 5.67. The Kier molecular flexibility index (Phi) is 3.79. The third kappa shape index (κ3) is 2.54. The van der Waals surface area contributed by atoms with Crippen LogP contribution in [0.2, 0.25) is 5.02 Å². The fourth-order valence-electron chi connectivity index (χ4n) is 1.97. The number of ether oxygens (including phenoxy) is 1. The van der Waals surface area contributed by atoms with Crippen molar-refractivity contribution >= 4 is 11.6 Å². The summed E-state index contributed by atoms with van der Waals surface area (Å²) in [4.78, 5) is 0. The average Bonchev–Trinajstić information content (AvgIpc) is 2.78. The number of hydrogen-bond donors (Lipinski definition) is 1. The molecule has 2 atom stereocenters. The number of rotatable bonds is 3. The Balaban J connectivity index is 2.05. The highest BCUT2D eigenvalue weighted by Gasteiger charge is 2.25. The van der Waals surface area contributed by atoms with Crippen molar-refractivity contribution in [2.24, 2.45) is 0 Å². The zero-order valence-corrected chi connectivity index (χ0v) is 9.58. The van der Waals surface area contributed by atoms with Gasteiger partial charge in [0, 0.05) is 13.0 Å². The first-order valence-corrected chi connectivity index (χ1v) is 5.79. The second-order valence-corrected chi connectivity index (χ2v) is 4.44. The van der Waals surface area contributed by atoms with Crippen LogP contribution in [-0.4, -0.2) is 23.9 Å². The summed E-state index contributed by atoms with van der Waals surface area (Å²) in [5.74, 6) is -0.443. The molecule has 88 valence electrons. The molecule has 2 nitrogen and oxygen atoms in total. The van der Waals surface area contributed by atoms with Crippen LogP contribution in [0.3, 0.4) is 0 Å². The van der Waals surface area contributed by atoms with E-state index in [9.17, 15) is 9.50 Å². The fourth-order valence-corrected chi connectivity index (χ4v) is 2.16. The van der Waals surface area contributed by atoms with Gasteiger partial charge in [0.1, 0.15) is 5.82 Å². The highest BCUT2D eigenvalue weighted by molar-refractivity contribution is 6.30. The number of halogens is 2. The summed E-state index contributed by atoms with van der Waals surface area (Å²) in [6.07, 6.45) is 1.22. The third-order valence-corrected chi connectivity index (χ3v) is 3.15. The largest absolute Gasteiger partial charge is 0.390 e. The molecule has 0 bridgehead atoms. The lowest BCUT2D eigenvalue weighted by Crippen LogP contribution is -2.27. The van der Waals surface area contributed by atoms with E-state index in [1.54, 1.807) is 12.1 Å². The summed E-state index contributed by atoms with van der Waals surface area (Å²) in [7, 11) is 0. The first kappa shape index (κ1) is 11.8. The van der Waals surface area contributed by atoms with Gasteiger partial charge in [-0.05, 0) is 24.5 Å². The minimum atomic E-state index is -0.657. The van der Waals surface area contributed by atoms with E-state index in [-0.39, 0.29) is 17.5 Å². The Bertz CT molecular complexity index is 364. The zero-order valence-electron chi connectivity index (χ0n) is 8.83. The predicted octanol–water partition coefficient (Wildman–Crippen LogP) is 2.56. The van der Waals surface area contributed by atoms with Crippen molar-refractivity contribution in [2.45, 2.75) is 31.5 Å². The van der Waals surface area contributed by atoms with E-state index in [0.717, 1.165) is 12.8 Å². The molecular weight excluding hydrogens is 231 g/mol. The van der Waals surface area contributed by atoms with Crippen LogP contribution in [0.5, 0.6) is 0 Å². The second kappa shape index (κ2) is 5.13. The maximum absolute atomic E-state index is 13.6. The molecule has 1 aromatic rings. The minimum Gasteiger partial charge on any atom is -0.390 e. The van der Waals surface area contributed by atoms with Crippen LogP contribution in [0.15, 0.2) is 18.2 Å². The summed E-state index contributed by atoms with van der Waals surface area (Å²) in [5, 5.41) is 9.98. The van der Waals surface area contributed by atoms with Gasteiger partial charge in [-0.15, -0.1) is 0 Å². The lowest BCUT2D eigenvalue weighted by Gasteiger charge is -2.17. The molecule has 1 fully saturated rings. The average molecular weight is 245 g/mol. The predicted molar refractivity (Wildman–Crippen MR) is 60.1 cm³/mol. The minimum absolute atomic E-state index is 0.0945. The van der Waals surface area contributed by atoms with Crippen LogP contribution in [0.25, 0.3) is 0 Å². The summed E-state index contributed by atoms with van der Waals surface area (Å²) in [6, 6.07) is 4.82. The van der Waals surface area contributed by atoms with Crippen molar-refractivity contribution in [3.8, 4) is 0 Å². The molecule has 1 saturated heterocycles. The molecular formula is C12H14ClFO2. The van der Waals surface area contributed by atoms with E-state index < -0.39 is 11.9 Å². The lowest BCUT2D eigenvalue weighted by molar-refractivity contribution is -0.00112. The summed E-state index contributed by atoms with van der Waals surface area (Å²) < 4.78 is 18.9. The van der Waals surface area contributed by atoms with Gasteiger partial charge in [0.25, 0.3) is 0 Å². The molecule has 0 aromatic heterocycles. The van der Waals surface area contributed by atoms with Crippen LogP contribution in [-0.2, 0) is 11.2 Å². The highest BCUT2D eigenvalue weighted by atomic mass is 35.5. The molecule has 4 heteroatoms. The monoisotopic (exact) mass is 244 g/mol. The molecule has 2 rings (SSSR count). The molecule has 0 saturated carbocycles. The molecule has 2 unspecified atom stereocenters. The smallest absolute Gasteiger partial charge is 0.145 e. The number of benzene rings is 1. The van der Waals surface area contributed by atoms with Gasteiger partial charge in [0.15, 0.2) is 0 Å². The Hall–Kier alpha value is -0.640. The van der Waals surface area contributed by atoms with Crippen LogP contribution in [0, 0.1) is 5.82 Å². The van der Waals surface area contributed by atoms with Crippen LogP contribution in [0.4, 0.5) is 4.39 Å². The fraction of sp³-hybridized carbons (Fsp3) is 0.500. The first-order valence-electron chi connectivity index (χ1n) is 5.41. The number of aliphatic hydroxyl groups excluding tert-OH is 1. The maximum Gasteiger partial charge on any atom is 0.145 e. The third-order valence-electron chi connectivity index (χ3n) is 2.85. The molecule has 0 aliphatic carbocycles. The van der Waals surface area contributed by atoms with Crippen LogP contribution >= 0.6 is 11.6 Å². The van der Waals surface area contributed by atoms with Gasteiger partial charge >= 0.3 is 0 Å². The molecule has 16 heavy (non-hydrogen) atoms. The van der Waals surface area contributed by atoms with Crippen molar-refractivity contribution < 1.29 is 14.2 Å². The Morgan fingerprint density at radius 1 is 1.56 bits per heavy atom. The van der Waals surface area contributed by atoms with Crippen molar-refractivity contribution in [3.05, 3.63) is 34.6 Å².